The van der Waals surface area contributed by atoms with Crippen molar-refractivity contribution in [2.24, 2.45) is 0 Å². The van der Waals surface area contributed by atoms with Gasteiger partial charge in [-0.1, -0.05) is 0 Å². The first-order valence-corrected chi connectivity index (χ1v) is 10.9. The Hall–Kier alpha value is -3.41. The molecule has 1 saturated carbocycles. The molecule has 0 aromatic carbocycles. The Kier molecular flexibility index (Phi) is 6.60. The molecule has 0 aliphatic heterocycles. The molecule has 3 heterocycles. The molecule has 4 N–H and O–H groups in total. The van der Waals surface area contributed by atoms with E-state index in [0.717, 1.165) is 6.20 Å². The number of halogens is 3. The summed E-state index contributed by atoms with van der Waals surface area (Å²) in [5.41, 5.74) is -0.891. The zero-order chi connectivity index (χ0) is 24.5. The standard InChI is InChI=1S/C22H26F3N7O2/c1-22(2,34)17(25)10-27-21(33)12-9-26-18(8-16(12)29-15-5-3-4-13(15)23)30-20-14(24)11-32-19(31-20)6-7-28-32/h6-9,11,13,15,17,34H,3-5,10H2,1-2H3,(H,27,33)(H2,26,29,30,31). The topological polar surface area (TPSA) is 116 Å². The van der Waals surface area contributed by atoms with Crippen LogP contribution in [0.15, 0.2) is 30.7 Å². The molecule has 3 aromatic rings. The van der Waals surface area contributed by atoms with E-state index in [4.69, 9.17) is 0 Å². The number of nitrogens with zero attached hydrogens (tertiary/aromatic N) is 4. The number of aliphatic hydroxyl groups is 1. The maximum absolute atomic E-state index is 14.4. The fourth-order valence-corrected chi connectivity index (χ4v) is 3.67. The largest absolute Gasteiger partial charge is 0.387 e. The van der Waals surface area contributed by atoms with Crippen molar-refractivity contribution in [2.75, 3.05) is 17.2 Å². The molecule has 3 atom stereocenters. The summed E-state index contributed by atoms with van der Waals surface area (Å²) in [7, 11) is 0. The minimum Gasteiger partial charge on any atom is -0.387 e. The Morgan fingerprint density at radius 2 is 2.18 bits per heavy atom. The lowest BCUT2D eigenvalue weighted by molar-refractivity contribution is -0.00177. The summed E-state index contributed by atoms with van der Waals surface area (Å²) in [5.74, 6) is -1.25. The van der Waals surface area contributed by atoms with Crippen LogP contribution in [0.25, 0.3) is 5.65 Å². The molecule has 3 unspecified atom stereocenters. The van der Waals surface area contributed by atoms with Gasteiger partial charge in [-0.25, -0.2) is 27.7 Å². The van der Waals surface area contributed by atoms with Gasteiger partial charge in [0.1, 0.15) is 18.2 Å². The third kappa shape index (κ3) is 5.22. The summed E-state index contributed by atoms with van der Waals surface area (Å²) in [5, 5.41) is 21.9. The van der Waals surface area contributed by atoms with Crippen molar-refractivity contribution in [1.29, 1.82) is 0 Å². The molecule has 34 heavy (non-hydrogen) atoms. The molecule has 3 aromatic heterocycles. The lowest BCUT2D eigenvalue weighted by Gasteiger charge is -2.23. The van der Waals surface area contributed by atoms with Crippen LogP contribution in [0.4, 0.5) is 30.5 Å². The van der Waals surface area contributed by atoms with Gasteiger partial charge in [0.05, 0.1) is 41.8 Å². The Balaban J connectivity index is 1.59. The first kappa shape index (κ1) is 23.7. The van der Waals surface area contributed by atoms with Crippen molar-refractivity contribution in [3.63, 3.8) is 0 Å². The lowest BCUT2D eigenvalue weighted by Crippen LogP contribution is -2.42. The fourth-order valence-electron chi connectivity index (χ4n) is 3.67. The molecule has 9 nitrogen and oxygen atoms in total. The summed E-state index contributed by atoms with van der Waals surface area (Å²) < 4.78 is 44.1. The van der Waals surface area contributed by atoms with E-state index in [9.17, 15) is 23.1 Å². The van der Waals surface area contributed by atoms with E-state index >= 15 is 0 Å². The molecule has 0 bridgehead atoms. The number of anilines is 3. The highest BCUT2D eigenvalue weighted by atomic mass is 19.1. The minimum atomic E-state index is -1.70. The molecule has 1 aliphatic carbocycles. The molecule has 0 saturated heterocycles. The number of hydrogen-bond donors (Lipinski definition) is 4. The zero-order valence-corrected chi connectivity index (χ0v) is 18.7. The summed E-state index contributed by atoms with van der Waals surface area (Å²) in [6.45, 7) is 2.18. The van der Waals surface area contributed by atoms with Crippen molar-refractivity contribution in [3.05, 3.63) is 42.1 Å². The first-order valence-electron chi connectivity index (χ1n) is 10.9. The Bertz CT molecular complexity index is 1180. The number of nitrogens with one attached hydrogen (secondary N) is 3. The quantitative estimate of drug-likeness (QED) is 0.394. The first-order chi connectivity index (χ1) is 16.1. The van der Waals surface area contributed by atoms with Crippen molar-refractivity contribution >= 4 is 28.9 Å². The summed E-state index contributed by atoms with van der Waals surface area (Å²) >= 11 is 0. The Morgan fingerprint density at radius 3 is 2.88 bits per heavy atom. The van der Waals surface area contributed by atoms with Gasteiger partial charge >= 0.3 is 0 Å². The molecule has 0 radical (unpaired) electrons. The highest BCUT2D eigenvalue weighted by molar-refractivity contribution is 6.00. The number of carbonyl (C=O) groups is 1. The fraction of sp³-hybridized carbons (Fsp3) is 0.455. The van der Waals surface area contributed by atoms with E-state index < -0.39 is 42.3 Å². The third-order valence-corrected chi connectivity index (χ3v) is 5.71. The zero-order valence-electron chi connectivity index (χ0n) is 18.7. The highest BCUT2D eigenvalue weighted by Crippen LogP contribution is 2.29. The molecule has 1 aliphatic rings. The van der Waals surface area contributed by atoms with Crippen LogP contribution < -0.4 is 16.0 Å². The number of aromatic nitrogens is 4. The van der Waals surface area contributed by atoms with Crippen molar-refractivity contribution < 1.29 is 23.1 Å². The third-order valence-electron chi connectivity index (χ3n) is 5.71. The SMILES string of the molecule is CC(C)(O)C(F)CNC(=O)c1cnc(Nc2nc3ccnn3cc2F)cc1NC1CCCC1F. The van der Waals surface area contributed by atoms with Gasteiger partial charge < -0.3 is 21.1 Å². The second-order valence-corrected chi connectivity index (χ2v) is 8.84. The maximum atomic E-state index is 14.4. The number of amides is 1. The van der Waals surface area contributed by atoms with E-state index in [2.05, 4.69) is 31.0 Å². The van der Waals surface area contributed by atoms with Crippen LogP contribution >= 0.6 is 0 Å². The van der Waals surface area contributed by atoms with Gasteiger partial charge in [0.15, 0.2) is 17.3 Å². The predicted molar refractivity (Wildman–Crippen MR) is 120 cm³/mol. The monoisotopic (exact) mass is 477 g/mol. The summed E-state index contributed by atoms with van der Waals surface area (Å²) in [6, 6.07) is 2.54. The number of hydrogen-bond acceptors (Lipinski definition) is 7. The van der Waals surface area contributed by atoms with E-state index in [1.54, 1.807) is 6.07 Å². The molecular weight excluding hydrogens is 451 g/mol. The highest BCUT2D eigenvalue weighted by Gasteiger charge is 2.30. The second kappa shape index (κ2) is 9.45. The molecule has 1 amide bonds. The van der Waals surface area contributed by atoms with Crippen LogP contribution in [0, 0.1) is 5.82 Å². The van der Waals surface area contributed by atoms with E-state index in [1.165, 1.54) is 36.8 Å². The molecule has 0 spiro atoms. The van der Waals surface area contributed by atoms with Crippen LogP contribution in [0.1, 0.15) is 43.5 Å². The van der Waals surface area contributed by atoms with Crippen LogP contribution in [0.3, 0.4) is 0 Å². The number of rotatable bonds is 8. The average molecular weight is 477 g/mol. The van der Waals surface area contributed by atoms with Gasteiger partial charge in [-0.3, -0.25) is 4.79 Å². The van der Waals surface area contributed by atoms with Crippen LogP contribution in [0.2, 0.25) is 0 Å². The minimum absolute atomic E-state index is 0.0623. The Morgan fingerprint density at radius 1 is 1.38 bits per heavy atom. The van der Waals surface area contributed by atoms with Crippen molar-refractivity contribution in [3.8, 4) is 0 Å². The van der Waals surface area contributed by atoms with E-state index in [1.807, 2.05) is 0 Å². The van der Waals surface area contributed by atoms with Gasteiger partial charge in [-0.05, 0) is 33.1 Å². The van der Waals surface area contributed by atoms with Crippen LogP contribution in [-0.2, 0) is 0 Å². The smallest absolute Gasteiger partial charge is 0.255 e. The average Bonchev–Trinajstić information content (AvgIpc) is 3.40. The molecular formula is C22H26F3N7O2. The summed E-state index contributed by atoms with van der Waals surface area (Å²) in [4.78, 5) is 21.1. The molecule has 182 valence electrons. The number of pyridine rings is 1. The van der Waals surface area contributed by atoms with Gasteiger partial charge in [0.25, 0.3) is 5.91 Å². The number of carbonyl (C=O) groups excluding carboxylic acids is 1. The summed E-state index contributed by atoms with van der Waals surface area (Å²) in [6.07, 6.45) is 2.77. The van der Waals surface area contributed by atoms with Crippen LogP contribution in [0.5, 0.6) is 0 Å². The van der Waals surface area contributed by atoms with E-state index in [-0.39, 0.29) is 22.9 Å². The molecule has 4 rings (SSSR count). The van der Waals surface area contributed by atoms with E-state index in [0.29, 0.717) is 24.9 Å². The van der Waals surface area contributed by atoms with Crippen molar-refractivity contribution in [2.45, 2.75) is 57.1 Å². The van der Waals surface area contributed by atoms with Crippen LogP contribution in [-0.4, -0.2) is 61.1 Å². The maximum Gasteiger partial charge on any atom is 0.255 e. The van der Waals surface area contributed by atoms with Gasteiger partial charge in [-0.2, -0.15) is 5.10 Å². The van der Waals surface area contributed by atoms with Gasteiger partial charge in [0, 0.05) is 18.3 Å². The van der Waals surface area contributed by atoms with Gasteiger partial charge in [-0.15, -0.1) is 0 Å². The molecule has 12 heteroatoms. The second-order valence-electron chi connectivity index (χ2n) is 8.84. The van der Waals surface area contributed by atoms with Crippen molar-refractivity contribution in [1.82, 2.24) is 24.9 Å². The number of fused-ring (bicyclic) bond motifs is 1. The normalized spacial score (nSPS) is 19.2. The predicted octanol–water partition coefficient (Wildman–Crippen LogP) is 3.15. The molecule has 1 fully saturated rings. The van der Waals surface area contributed by atoms with Gasteiger partial charge in [0.2, 0.25) is 0 Å². The lowest BCUT2D eigenvalue weighted by atomic mass is 10.0. The Labute approximate surface area is 193 Å². The number of alkyl halides is 2.